The van der Waals surface area contributed by atoms with Crippen LogP contribution >= 0.6 is 0 Å². The van der Waals surface area contributed by atoms with Gasteiger partial charge in [-0.2, -0.15) is 0 Å². The maximum Gasteiger partial charge on any atom is 0.245 e. The zero-order valence-corrected chi connectivity index (χ0v) is 20.2. The van der Waals surface area contributed by atoms with Crippen LogP contribution in [-0.4, -0.2) is 40.3 Å². The Morgan fingerprint density at radius 3 is 2.67 bits per heavy atom. The summed E-state index contributed by atoms with van der Waals surface area (Å²) in [5.74, 6) is 1.38. The highest BCUT2D eigenvalue weighted by Crippen LogP contribution is 2.48. The fourth-order valence-corrected chi connectivity index (χ4v) is 6.81. The first-order valence-corrected chi connectivity index (χ1v) is 13.2. The van der Waals surface area contributed by atoms with Crippen LogP contribution < -0.4 is 5.32 Å². The molecule has 1 aliphatic heterocycles. The predicted octanol–water partition coefficient (Wildman–Crippen LogP) is 5.37. The van der Waals surface area contributed by atoms with Gasteiger partial charge in [-0.1, -0.05) is 51.3 Å². The lowest BCUT2D eigenvalue weighted by atomic mass is 9.82. The number of aromatic nitrogens is 1. The Kier molecular flexibility index (Phi) is 6.49. The van der Waals surface area contributed by atoms with Crippen molar-refractivity contribution in [3.8, 4) is 0 Å². The van der Waals surface area contributed by atoms with Gasteiger partial charge in [-0.05, 0) is 62.0 Å². The number of likely N-dealkylation sites (tertiary alicyclic amines) is 1. The highest BCUT2D eigenvalue weighted by Gasteiger charge is 2.49. The van der Waals surface area contributed by atoms with E-state index in [0.717, 1.165) is 51.5 Å². The number of hydrogen-bond donors (Lipinski definition) is 2. The molecule has 1 aromatic heterocycles. The molecule has 0 spiro atoms. The molecule has 5 atom stereocenters. The van der Waals surface area contributed by atoms with Gasteiger partial charge >= 0.3 is 0 Å². The van der Waals surface area contributed by atoms with E-state index in [2.05, 4.69) is 45.7 Å². The van der Waals surface area contributed by atoms with Crippen molar-refractivity contribution in [2.75, 3.05) is 6.54 Å². The number of carbonyl (C=O) groups excluding carboxylic acids is 2. The zero-order valence-electron chi connectivity index (χ0n) is 20.2. The van der Waals surface area contributed by atoms with Crippen LogP contribution in [0.2, 0.25) is 0 Å². The van der Waals surface area contributed by atoms with Crippen molar-refractivity contribution < 1.29 is 9.59 Å². The van der Waals surface area contributed by atoms with Crippen molar-refractivity contribution in [2.45, 2.75) is 89.6 Å². The third-order valence-corrected chi connectivity index (χ3v) is 8.89. The summed E-state index contributed by atoms with van der Waals surface area (Å²) >= 11 is 0. The topological polar surface area (TPSA) is 65.2 Å². The number of aromatic amines is 1. The van der Waals surface area contributed by atoms with Gasteiger partial charge in [0.2, 0.25) is 11.8 Å². The minimum Gasteiger partial charge on any atom is -0.361 e. The molecule has 0 bridgehead atoms. The predicted molar refractivity (Wildman–Crippen MR) is 132 cm³/mol. The van der Waals surface area contributed by atoms with Gasteiger partial charge in [0.15, 0.2) is 0 Å². The van der Waals surface area contributed by atoms with Gasteiger partial charge in [0.1, 0.15) is 6.04 Å². The van der Waals surface area contributed by atoms with Crippen LogP contribution in [0.25, 0.3) is 10.9 Å². The molecule has 0 unspecified atom stereocenters. The summed E-state index contributed by atoms with van der Waals surface area (Å²) in [5, 5.41) is 4.53. The Morgan fingerprint density at radius 1 is 1.09 bits per heavy atom. The van der Waals surface area contributed by atoms with Gasteiger partial charge < -0.3 is 15.2 Å². The summed E-state index contributed by atoms with van der Waals surface area (Å²) < 4.78 is 0. The second kappa shape index (κ2) is 9.52. The largest absolute Gasteiger partial charge is 0.361 e. The van der Waals surface area contributed by atoms with E-state index < -0.39 is 0 Å². The number of H-pyrrole nitrogens is 1. The monoisotopic (exact) mass is 449 g/mol. The lowest BCUT2D eigenvalue weighted by molar-refractivity contribution is -0.140. The van der Waals surface area contributed by atoms with Crippen molar-refractivity contribution in [3.05, 3.63) is 36.0 Å². The number of para-hydroxylation sites is 1. The minimum absolute atomic E-state index is 0.0387. The Morgan fingerprint density at radius 2 is 1.88 bits per heavy atom. The van der Waals surface area contributed by atoms with Crippen LogP contribution in [-0.2, 0) is 9.59 Å². The molecule has 0 radical (unpaired) electrons. The van der Waals surface area contributed by atoms with Crippen LogP contribution in [0.1, 0.15) is 83.1 Å². The molecule has 1 aromatic carbocycles. The van der Waals surface area contributed by atoms with E-state index >= 15 is 0 Å². The van der Waals surface area contributed by atoms with E-state index in [4.69, 9.17) is 0 Å². The van der Waals surface area contributed by atoms with Crippen LogP contribution in [0.4, 0.5) is 0 Å². The van der Waals surface area contributed by atoms with Crippen LogP contribution in [0.5, 0.6) is 0 Å². The van der Waals surface area contributed by atoms with Crippen molar-refractivity contribution >= 4 is 22.7 Å². The second-order valence-corrected chi connectivity index (χ2v) is 10.7. The van der Waals surface area contributed by atoms with E-state index in [1.807, 2.05) is 13.8 Å². The summed E-state index contributed by atoms with van der Waals surface area (Å²) in [5.41, 5.74) is 2.53. The fourth-order valence-electron chi connectivity index (χ4n) is 6.81. The molecule has 3 aliphatic rings. The zero-order chi connectivity index (χ0) is 22.9. The lowest BCUT2D eigenvalue weighted by Gasteiger charge is -2.37. The van der Waals surface area contributed by atoms with Crippen LogP contribution in [0.3, 0.4) is 0 Å². The summed E-state index contributed by atoms with van der Waals surface area (Å²) in [4.78, 5) is 32.6. The van der Waals surface area contributed by atoms with Crippen molar-refractivity contribution in [2.24, 2.45) is 17.8 Å². The van der Waals surface area contributed by atoms with Gasteiger partial charge in [-0.15, -0.1) is 0 Å². The number of fused-ring (bicyclic) bond motifs is 2. The molecule has 2 saturated carbocycles. The molecule has 2 heterocycles. The fraction of sp³-hybridized carbons (Fsp3) is 0.643. The van der Waals surface area contributed by atoms with Gasteiger partial charge in [0, 0.05) is 41.5 Å². The van der Waals surface area contributed by atoms with Crippen molar-refractivity contribution in [1.82, 2.24) is 15.2 Å². The first-order valence-electron chi connectivity index (χ1n) is 13.2. The molecule has 178 valence electrons. The molecule has 2 N–H and O–H groups in total. The van der Waals surface area contributed by atoms with E-state index in [-0.39, 0.29) is 35.7 Å². The second-order valence-electron chi connectivity index (χ2n) is 10.7. The van der Waals surface area contributed by atoms with Crippen molar-refractivity contribution in [1.29, 1.82) is 0 Å². The molecule has 1 saturated heterocycles. The third kappa shape index (κ3) is 4.20. The number of benzene rings is 1. The van der Waals surface area contributed by atoms with Gasteiger partial charge in [-0.25, -0.2) is 0 Å². The molecule has 2 aromatic rings. The molecular formula is C28H39N3O2. The lowest BCUT2D eigenvalue weighted by Crippen LogP contribution is -2.55. The van der Waals surface area contributed by atoms with E-state index in [0.29, 0.717) is 11.8 Å². The highest BCUT2D eigenvalue weighted by atomic mass is 16.2. The summed E-state index contributed by atoms with van der Waals surface area (Å²) in [6.07, 6.45) is 12.0. The van der Waals surface area contributed by atoms with E-state index in [9.17, 15) is 9.59 Å². The van der Waals surface area contributed by atoms with Crippen LogP contribution in [0, 0.1) is 17.8 Å². The summed E-state index contributed by atoms with van der Waals surface area (Å²) in [6.45, 7) is 4.83. The number of hydrogen-bond acceptors (Lipinski definition) is 2. The Labute approximate surface area is 197 Å². The average molecular weight is 450 g/mol. The summed E-state index contributed by atoms with van der Waals surface area (Å²) in [7, 11) is 0. The first kappa shape index (κ1) is 22.5. The first-order chi connectivity index (χ1) is 16.1. The van der Waals surface area contributed by atoms with Gasteiger partial charge in [0.25, 0.3) is 0 Å². The minimum atomic E-state index is -0.366. The average Bonchev–Trinajstić information content (AvgIpc) is 3.57. The molecule has 3 fully saturated rings. The number of nitrogens with one attached hydrogen (secondary N) is 2. The maximum absolute atomic E-state index is 14.1. The maximum atomic E-state index is 14.1. The van der Waals surface area contributed by atoms with E-state index in [1.165, 1.54) is 29.3 Å². The third-order valence-electron chi connectivity index (χ3n) is 8.89. The molecule has 5 rings (SSSR count). The van der Waals surface area contributed by atoms with E-state index in [1.54, 1.807) is 0 Å². The van der Waals surface area contributed by atoms with Gasteiger partial charge in [-0.3, -0.25) is 9.59 Å². The SMILES string of the molecule is CC[C@@H](C)C(=O)N[C@H](C(=O)N1CC[C@H]2CC[C@H](c3c[nH]c4ccccc34)[C@H]21)C1CCCCC1. The summed E-state index contributed by atoms with van der Waals surface area (Å²) in [6, 6.07) is 8.39. The molecule has 5 heteroatoms. The normalized spacial score (nSPS) is 27.5. The highest BCUT2D eigenvalue weighted by molar-refractivity contribution is 5.89. The number of rotatable bonds is 6. The molecule has 5 nitrogen and oxygen atoms in total. The standard InChI is InChI=1S/C28H39N3O2/c1-3-18(2)27(32)30-25(19-9-5-4-6-10-19)28(33)31-16-15-20-13-14-22(26(20)31)23-17-29-24-12-8-7-11-21(23)24/h7-8,11-12,17-20,22,25-26,29H,3-6,9-10,13-16H2,1-2H3,(H,30,32)/t18-,20-,22-,25+,26+/m1/s1. The molecule has 33 heavy (non-hydrogen) atoms. The Balaban J connectivity index is 1.42. The number of carbonyl (C=O) groups is 2. The molecule has 2 aliphatic carbocycles. The van der Waals surface area contributed by atoms with Crippen molar-refractivity contribution in [3.63, 3.8) is 0 Å². The molecule has 2 amide bonds. The smallest absolute Gasteiger partial charge is 0.245 e. The molecular weight excluding hydrogens is 410 g/mol. The van der Waals surface area contributed by atoms with Gasteiger partial charge in [0.05, 0.1) is 0 Å². The Hall–Kier alpha value is -2.30. The quantitative estimate of drug-likeness (QED) is 0.622. The number of nitrogens with zero attached hydrogens (tertiary/aromatic N) is 1. The number of amides is 2. The Bertz CT molecular complexity index is 992. The van der Waals surface area contributed by atoms with Crippen LogP contribution in [0.15, 0.2) is 30.5 Å².